The second kappa shape index (κ2) is 8.51. The quantitative estimate of drug-likeness (QED) is 0.262. The molecule has 172 valence electrons. The fourth-order valence-electron chi connectivity index (χ4n) is 2.17. The zero-order valence-corrected chi connectivity index (χ0v) is 16.1. The first-order valence-electron chi connectivity index (χ1n) is 7.95. The molecule has 1 aromatic carbocycles. The normalized spacial score (nSPS) is 16.8. The molecule has 0 spiro atoms. The van der Waals surface area contributed by atoms with E-state index in [1.54, 1.807) is 0 Å². The van der Waals surface area contributed by atoms with Crippen LogP contribution < -0.4 is 5.01 Å². The van der Waals surface area contributed by atoms with Crippen LogP contribution in [0.3, 0.4) is 0 Å². The number of aryl methyl sites for hydroxylation is 1. The number of benzene rings is 1. The lowest BCUT2D eigenvalue weighted by atomic mass is 10.2. The third-order valence-corrected chi connectivity index (χ3v) is 4.91. The summed E-state index contributed by atoms with van der Waals surface area (Å²) in [5, 5.41) is 15.8. The molecule has 1 aliphatic rings. The molecule has 0 fully saturated rings. The van der Waals surface area contributed by atoms with Crippen LogP contribution in [0, 0.1) is 12.7 Å². The van der Waals surface area contributed by atoms with E-state index in [0.29, 0.717) is 16.8 Å². The molecule has 0 amide bonds. The van der Waals surface area contributed by atoms with Crippen molar-refractivity contribution in [1.29, 1.82) is 0 Å². The van der Waals surface area contributed by atoms with E-state index in [1.807, 2.05) is 0 Å². The standard InChI is InChI=1S/C16H12F9N3O2S/c1-7-3-9(17)10(4-11(7)31-6-15(20,21)22)28-12(27-29)8(2)13(26-28)30-5-14(18,19)16(23,24)25/h3-4,29H,2,5-6H2,1H3. The van der Waals surface area contributed by atoms with Crippen LogP contribution in [0.2, 0.25) is 0 Å². The van der Waals surface area contributed by atoms with E-state index in [2.05, 4.69) is 21.6 Å². The molecule has 0 aromatic heterocycles. The number of rotatable bonds is 5. The van der Waals surface area contributed by atoms with Crippen LogP contribution in [0.4, 0.5) is 45.2 Å². The Morgan fingerprint density at radius 2 is 1.77 bits per heavy atom. The summed E-state index contributed by atoms with van der Waals surface area (Å²) in [5.74, 6) is -9.25. The molecule has 0 aliphatic carbocycles. The van der Waals surface area contributed by atoms with Crippen molar-refractivity contribution >= 4 is 29.2 Å². The Kier molecular flexibility index (Phi) is 6.78. The molecular formula is C16H12F9N3O2S. The summed E-state index contributed by atoms with van der Waals surface area (Å²) in [7, 11) is 0. The number of halogens is 9. The summed E-state index contributed by atoms with van der Waals surface area (Å²) in [6.45, 7) is 2.41. The van der Waals surface area contributed by atoms with Crippen LogP contribution in [0.15, 0.2) is 39.4 Å². The van der Waals surface area contributed by atoms with E-state index < -0.39 is 59.4 Å². The van der Waals surface area contributed by atoms with Gasteiger partial charge in [-0.1, -0.05) is 11.7 Å². The van der Waals surface area contributed by atoms with Crippen molar-refractivity contribution in [1.82, 2.24) is 0 Å². The van der Waals surface area contributed by atoms with Gasteiger partial charge in [0.2, 0.25) is 11.7 Å². The number of hydrogen-bond acceptors (Lipinski definition) is 5. The van der Waals surface area contributed by atoms with E-state index in [-0.39, 0.29) is 10.5 Å². The molecule has 31 heavy (non-hydrogen) atoms. The maximum atomic E-state index is 14.4. The highest BCUT2D eigenvalue weighted by atomic mass is 32.2. The monoisotopic (exact) mass is 481 g/mol. The third kappa shape index (κ3) is 5.57. The number of hydrogen-bond donors (Lipinski definition) is 1. The van der Waals surface area contributed by atoms with Gasteiger partial charge in [-0.2, -0.15) is 35.1 Å². The Morgan fingerprint density at radius 3 is 2.29 bits per heavy atom. The van der Waals surface area contributed by atoms with E-state index in [0.717, 1.165) is 12.1 Å². The minimum absolute atomic E-state index is 0.0372. The van der Waals surface area contributed by atoms with Crippen molar-refractivity contribution in [2.24, 2.45) is 10.3 Å². The first kappa shape index (κ1) is 24.7. The lowest BCUT2D eigenvalue weighted by molar-refractivity contribution is -0.291. The predicted molar refractivity (Wildman–Crippen MR) is 93.1 cm³/mol. The van der Waals surface area contributed by atoms with Gasteiger partial charge in [0.1, 0.15) is 11.5 Å². The zero-order chi connectivity index (χ0) is 23.8. The smallest absolute Gasteiger partial charge is 0.456 e. The van der Waals surface area contributed by atoms with E-state index in [4.69, 9.17) is 5.21 Å². The molecule has 0 atom stereocenters. The molecule has 1 N–H and O–H groups in total. The minimum atomic E-state index is -5.92. The Bertz CT molecular complexity index is 926. The maximum absolute atomic E-state index is 14.4. The Morgan fingerprint density at radius 1 is 1.16 bits per heavy atom. The summed E-state index contributed by atoms with van der Waals surface area (Å²) in [6, 6.07) is 1.76. The summed E-state index contributed by atoms with van der Waals surface area (Å²) < 4.78 is 119. The highest BCUT2D eigenvalue weighted by molar-refractivity contribution is 7.99. The average Bonchev–Trinajstić information content (AvgIpc) is 2.93. The SMILES string of the molecule is C=C1C(OCC(F)(F)C(F)(F)F)=NN(c2cc(SCC(F)(F)F)c(C)cc2F)C1=NO. The minimum Gasteiger partial charge on any atom is -0.469 e. The lowest BCUT2D eigenvalue weighted by Crippen LogP contribution is -2.41. The number of hydrazone groups is 1. The topological polar surface area (TPSA) is 57.4 Å². The second-order valence-electron chi connectivity index (χ2n) is 6.08. The van der Waals surface area contributed by atoms with Crippen molar-refractivity contribution in [3.05, 3.63) is 35.7 Å². The molecule has 0 unspecified atom stereocenters. The van der Waals surface area contributed by atoms with Gasteiger partial charge in [0.25, 0.3) is 0 Å². The fraction of sp³-hybridized carbons (Fsp3) is 0.375. The third-order valence-electron chi connectivity index (χ3n) is 3.68. The van der Waals surface area contributed by atoms with Crippen LogP contribution in [0.1, 0.15) is 5.56 Å². The average molecular weight is 481 g/mol. The van der Waals surface area contributed by atoms with Crippen LogP contribution in [-0.4, -0.2) is 47.6 Å². The summed E-state index contributed by atoms with van der Waals surface area (Å²) in [6.07, 6.45) is -10.5. The van der Waals surface area contributed by atoms with Gasteiger partial charge in [-0.05, 0) is 24.6 Å². The van der Waals surface area contributed by atoms with Crippen molar-refractivity contribution in [3.8, 4) is 0 Å². The maximum Gasteiger partial charge on any atom is 0.456 e. The van der Waals surface area contributed by atoms with Gasteiger partial charge >= 0.3 is 18.3 Å². The molecular weight excluding hydrogens is 469 g/mol. The van der Waals surface area contributed by atoms with Crippen molar-refractivity contribution < 1.29 is 49.5 Å². The molecule has 5 nitrogen and oxygen atoms in total. The number of amidine groups is 1. The number of nitrogens with zero attached hydrogens (tertiary/aromatic N) is 3. The molecule has 1 heterocycles. The number of thioether (sulfide) groups is 1. The van der Waals surface area contributed by atoms with Crippen LogP contribution in [-0.2, 0) is 4.74 Å². The molecule has 1 aromatic rings. The predicted octanol–water partition coefficient (Wildman–Crippen LogP) is 5.48. The van der Waals surface area contributed by atoms with Gasteiger partial charge in [-0.25, -0.2) is 9.40 Å². The van der Waals surface area contributed by atoms with Crippen molar-refractivity contribution in [3.63, 3.8) is 0 Å². The van der Waals surface area contributed by atoms with Crippen molar-refractivity contribution in [2.45, 2.75) is 30.1 Å². The van der Waals surface area contributed by atoms with Crippen LogP contribution in [0.25, 0.3) is 0 Å². The van der Waals surface area contributed by atoms with Gasteiger partial charge in [-0.3, -0.25) is 0 Å². The number of alkyl halides is 8. The molecule has 0 saturated carbocycles. The number of oxime groups is 1. The van der Waals surface area contributed by atoms with E-state index in [9.17, 15) is 39.5 Å². The number of anilines is 1. The fourth-order valence-corrected chi connectivity index (χ4v) is 2.97. The first-order valence-corrected chi connectivity index (χ1v) is 8.93. The summed E-state index contributed by atoms with van der Waals surface area (Å²) >= 11 is 0.315. The molecule has 0 bridgehead atoms. The van der Waals surface area contributed by atoms with Crippen LogP contribution >= 0.6 is 11.8 Å². The zero-order valence-electron chi connectivity index (χ0n) is 15.3. The van der Waals surface area contributed by atoms with Crippen molar-refractivity contribution in [2.75, 3.05) is 17.4 Å². The Labute approximate surface area is 172 Å². The van der Waals surface area contributed by atoms with Gasteiger partial charge < -0.3 is 9.94 Å². The largest absolute Gasteiger partial charge is 0.469 e. The highest BCUT2D eigenvalue weighted by Gasteiger charge is 2.58. The molecule has 0 saturated heterocycles. The Balaban J connectivity index is 2.37. The van der Waals surface area contributed by atoms with E-state index in [1.165, 1.54) is 6.92 Å². The summed E-state index contributed by atoms with van der Waals surface area (Å²) in [4.78, 5) is -0.0372. The summed E-state index contributed by atoms with van der Waals surface area (Å²) in [5.41, 5.74) is -1.02. The van der Waals surface area contributed by atoms with Gasteiger partial charge in [0.05, 0.1) is 11.3 Å². The molecule has 2 rings (SSSR count). The highest BCUT2D eigenvalue weighted by Crippen LogP contribution is 2.37. The second-order valence-corrected chi connectivity index (χ2v) is 7.10. The lowest BCUT2D eigenvalue weighted by Gasteiger charge is -2.19. The molecule has 15 heteroatoms. The van der Waals surface area contributed by atoms with E-state index >= 15 is 0 Å². The van der Waals surface area contributed by atoms with Gasteiger partial charge in [0, 0.05) is 4.90 Å². The Hall–Kier alpha value is -2.58. The number of ether oxygens (including phenoxy) is 1. The molecule has 1 aliphatic heterocycles. The van der Waals surface area contributed by atoms with Gasteiger partial charge in [0.15, 0.2) is 6.61 Å². The molecule has 0 radical (unpaired) electrons. The van der Waals surface area contributed by atoms with Gasteiger partial charge in [-0.15, -0.1) is 16.9 Å². The first-order chi connectivity index (χ1) is 14.1. The van der Waals surface area contributed by atoms with Crippen LogP contribution in [0.5, 0.6) is 0 Å².